The average Bonchev–Trinajstić information content (AvgIpc) is 2.79. The van der Waals surface area contributed by atoms with Crippen molar-refractivity contribution in [3.8, 4) is 11.8 Å². The first-order valence-electron chi connectivity index (χ1n) is 10.8. The molecule has 30 heavy (non-hydrogen) atoms. The lowest BCUT2D eigenvalue weighted by molar-refractivity contribution is 0.424. The van der Waals surface area contributed by atoms with Crippen LogP contribution in [0.3, 0.4) is 0 Å². The van der Waals surface area contributed by atoms with E-state index in [4.69, 9.17) is 0 Å². The summed E-state index contributed by atoms with van der Waals surface area (Å²) in [6.07, 6.45) is 6.16. The zero-order chi connectivity index (χ0) is 21.8. The van der Waals surface area contributed by atoms with Gasteiger partial charge in [-0.3, -0.25) is 5.32 Å². The highest BCUT2D eigenvalue weighted by Crippen LogP contribution is 2.18. The lowest BCUT2D eigenvalue weighted by Crippen LogP contribution is -2.45. The minimum atomic E-state index is -0.0859. The van der Waals surface area contributed by atoms with Crippen LogP contribution in [0.2, 0.25) is 0 Å². The fourth-order valence-electron chi connectivity index (χ4n) is 3.24. The summed E-state index contributed by atoms with van der Waals surface area (Å²) in [5, 5.41) is 9.89. The first-order chi connectivity index (χ1) is 14.6. The first kappa shape index (κ1) is 23.3. The summed E-state index contributed by atoms with van der Waals surface area (Å²) in [5.74, 6) is 6.55. The van der Waals surface area contributed by atoms with Crippen molar-refractivity contribution in [2.75, 3.05) is 7.05 Å². The second kappa shape index (κ2) is 12.6. The number of benzene rings is 2. The molecule has 0 heterocycles. The molecular formula is C27H35N3. The van der Waals surface area contributed by atoms with Crippen LogP contribution in [-0.2, 0) is 6.42 Å². The topological polar surface area (TPSA) is 36.1 Å². The van der Waals surface area contributed by atoms with Crippen molar-refractivity contribution in [2.45, 2.75) is 51.7 Å². The van der Waals surface area contributed by atoms with E-state index in [1.54, 1.807) is 6.20 Å². The highest BCUT2D eigenvalue weighted by molar-refractivity contribution is 5.44. The molecule has 0 bridgehead atoms. The molecule has 0 fully saturated rings. The molecule has 2 aromatic rings. The molecule has 0 aliphatic heterocycles. The Morgan fingerprint density at radius 2 is 1.60 bits per heavy atom. The van der Waals surface area contributed by atoms with Gasteiger partial charge in [-0.05, 0) is 60.9 Å². The number of nitrogens with one attached hydrogen (secondary N) is 3. The Kier molecular flexibility index (Phi) is 9.77. The van der Waals surface area contributed by atoms with E-state index in [0.717, 1.165) is 29.7 Å². The van der Waals surface area contributed by atoms with Gasteiger partial charge in [0.05, 0.1) is 0 Å². The van der Waals surface area contributed by atoms with Gasteiger partial charge in [0.1, 0.15) is 6.17 Å². The van der Waals surface area contributed by atoms with Crippen molar-refractivity contribution in [2.24, 2.45) is 0 Å². The summed E-state index contributed by atoms with van der Waals surface area (Å²) in [7, 11) is 1.87. The van der Waals surface area contributed by atoms with Gasteiger partial charge in [0, 0.05) is 29.9 Å². The van der Waals surface area contributed by atoms with Gasteiger partial charge in [-0.1, -0.05) is 69.5 Å². The van der Waals surface area contributed by atoms with Gasteiger partial charge in [0.15, 0.2) is 0 Å². The molecule has 0 spiro atoms. The zero-order valence-electron chi connectivity index (χ0n) is 18.6. The number of rotatable bonds is 11. The summed E-state index contributed by atoms with van der Waals surface area (Å²) in [5.41, 5.74) is 5.55. The van der Waals surface area contributed by atoms with Crippen LogP contribution >= 0.6 is 0 Å². The minimum absolute atomic E-state index is 0.0859. The third-order valence-electron chi connectivity index (χ3n) is 5.17. The fraction of sp³-hybridized carbons (Fsp3) is 0.333. The van der Waals surface area contributed by atoms with E-state index in [9.17, 15) is 0 Å². The first-order valence-corrected chi connectivity index (χ1v) is 10.8. The predicted octanol–water partition coefficient (Wildman–Crippen LogP) is 5.26. The molecule has 3 heteroatoms. The normalized spacial score (nSPS) is 12.2. The van der Waals surface area contributed by atoms with Gasteiger partial charge >= 0.3 is 0 Å². The number of likely N-dealkylation sites (N-methyl/N-ethyl adjacent to an activating group) is 1. The van der Waals surface area contributed by atoms with Crippen molar-refractivity contribution in [3.05, 3.63) is 95.8 Å². The van der Waals surface area contributed by atoms with Crippen molar-refractivity contribution < 1.29 is 0 Å². The van der Waals surface area contributed by atoms with Gasteiger partial charge in [-0.2, -0.15) is 0 Å². The van der Waals surface area contributed by atoms with Crippen LogP contribution in [0.25, 0.3) is 0 Å². The van der Waals surface area contributed by atoms with Crippen LogP contribution in [0.1, 0.15) is 61.4 Å². The SMILES string of the molecule is C=CNC(NC(CC)c1ccc(C#Cc2ccc(CCCC)cc2)cc1)C(=C)NC. The summed E-state index contributed by atoms with van der Waals surface area (Å²) >= 11 is 0. The van der Waals surface area contributed by atoms with E-state index in [1.807, 2.05) is 7.05 Å². The Balaban J connectivity index is 2.05. The maximum Gasteiger partial charge on any atom is 0.117 e. The molecule has 0 amide bonds. The van der Waals surface area contributed by atoms with Crippen LogP contribution in [0.15, 0.2) is 73.6 Å². The Morgan fingerprint density at radius 3 is 2.10 bits per heavy atom. The highest BCUT2D eigenvalue weighted by Gasteiger charge is 2.16. The summed E-state index contributed by atoms with van der Waals surface area (Å²) < 4.78 is 0. The molecule has 0 radical (unpaired) electrons. The molecule has 0 aromatic heterocycles. The van der Waals surface area contributed by atoms with Gasteiger partial charge in [0.2, 0.25) is 0 Å². The Bertz CT molecular complexity index is 854. The Hall–Kier alpha value is -2.96. The van der Waals surface area contributed by atoms with Crippen LogP contribution < -0.4 is 16.0 Å². The third-order valence-corrected chi connectivity index (χ3v) is 5.17. The van der Waals surface area contributed by atoms with E-state index >= 15 is 0 Å². The smallest absolute Gasteiger partial charge is 0.117 e. The second-order valence-electron chi connectivity index (χ2n) is 7.38. The van der Waals surface area contributed by atoms with Crippen LogP contribution in [0.4, 0.5) is 0 Å². The number of aryl methyl sites for hydroxylation is 1. The highest BCUT2D eigenvalue weighted by atomic mass is 15.2. The maximum absolute atomic E-state index is 4.06. The summed E-state index contributed by atoms with van der Waals surface area (Å²) in [4.78, 5) is 0. The quantitative estimate of drug-likeness (QED) is 0.355. The van der Waals surface area contributed by atoms with E-state index < -0.39 is 0 Å². The van der Waals surface area contributed by atoms with E-state index in [2.05, 4.69) is 103 Å². The standard InChI is InChI=1S/C27H35N3/c1-6-9-10-22-11-13-23(14-12-22)15-16-24-17-19-25(20-18-24)26(7-2)30-27(29-8-3)21(4)28-5/h8,11-14,17-20,26-30H,3-4,6-7,9-10H2,1-2,5H3. The lowest BCUT2D eigenvalue weighted by Gasteiger charge is -2.27. The third kappa shape index (κ3) is 7.13. The molecule has 2 atom stereocenters. The largest absolute Gasteiger partial charge is 0.389 e. The molecule has 0 aliphatic rings. The van der Waals surface area contributed by atoms with Crippen LogP contribution in [-0.4, -0.2) is 13.2 Å². The molecule has 3 nitrogen and oxygen atoms in total. The van der Waals surface area contributed by atoms with Gasteiger partial charge in [0.25, 0.3) is 0 Å². The van der Waals surface area contributed by atoms with Crippen molar-refractivity contribution in [1.29, 1.82) is 0 Å². The Labute approximate surface area is 182 Å². The van der Waals surface area contributed by atoms with Gasteiger partial charge in [-0.15, -0.1) is 0 Å². The molecule has 158 valence electrons. The van der Waals surface area contributed by atoms with E-state index in [-0.39, 0.29) is 12.2 Å². The zero-order valence-corrected chi connectivity index (χ0v) is 18.6. The summed E-state index contributed by atoms with van der Waals surface area (Å²) in [6.45, 7) is 12.2. The second-order valence-corrected chi connectivity index (χ2v) is 7.38. The fourth-order valence-corrected chi connectivity index (χ4v) is 3.24. The molecule has 2 aromatic carbocycles. The van der Waals surface area contributed by atoms with Crippen molar-refractivity contribution in [1.82, 2.24) is 16.0 Å². The number of hydrogen-bond acceptors (Lipinski definition) is 3. The molecule has 2 unspecified atom stereocenters. The molecule has 0 aliphatic carbocycles. The van der Waals surface area contributed by atoms with Crippen LogP contribution in [0.5, 0.6) is 0 Å². The van der Waals surface area contributed by atoms with Gasteiger partial charge in [-0.25, -0.2) is 0 Å². The number of hydrogen-bond donors (Lipinski definition) is 3. The van der Waals surface area contributed by atoms with Crippen LogP contribution in [0, 0.1) is 11.8 Å². The molecule has 0 saturated heterocycles. The molecule has 3 N–H and O–H groups in total. The average molecular weight is 402 g/mol. The van der Waals surface area contributed by atoms with E-state index in [0.29, 0.717) is 0 Å². The predicted molar refractivity (Wildman–Crippen MR) is 129 cm³/mol. The lowest BCUT2D eigenvalue weighted by atomic mass is 10.0. The summed E-state index contributed by atoms with van der Waals surface area (Å²) in [6, 6.07) is 17.3. The van der Waals surface area contributed by atoms with E-state index in [1.165, 1.54) is 24.0 Å². The van der Waals surface area contributed by atoms with Gasteiger partial charge < -0.3 is 10.6 Å². The monoisotopic (exact) mass is 401 g/mol. The maximum atomic E-state index is 4.06. The molecular weight excluding hydrogens is 366 g/mol. The molecule has 0 saturated carbocycles. The minimum Gasteiger partial charge on any atom is -0.389 e. The number of unbranched alkanes of at least 4 members (excludes halogenated alkanes) is 1. The molecule has 2 rings (SSSR count). The van der Waals surface area contributed by atoms with Crippen molar-refractivity contribution in [3.63, 3.8) is 0 Å². The Morgan fingerprint density at radius 1 is 1.00 bits per heavy atom. The van der Waals surface area contributed by atoms with Crippen molar-refractivity contribution >= 4 is 0 Å².